The van der Waals surface area contributed by atoms with Crippen LogP contribution < -0.4 is 5.73 Å². The lowest BCUT2D eigenvalue weighted by atomic mass is 10.0. The highest BCUT2D eigenvalue weighted by Gasteiger charge is 2.27. The van der Waals surface area contributed by atoms with Crippen molar-refractivity contribution in [1.29, 1.82) is 0 Å². The van der Waals surface area contributed by atoms with Crippen LogP contribution in [0.4, 0.5) is 5.69 Å². The molecule has 1 aliphatic rings. The van der Waals surface area contributed by atoms with Crippen LogP contribution >= 0.6 is 11.8 Å². The van der Waals surface area contributed by atoms with Crippen molar-refractivity contribution in [2.45, 2.75) is 33.2 Å². The van der Waals surface area contributed by atoms with E-state index in [1.165, 1.54) is 6.42 Å². The van der Waals surface area contributed by atoms with E-state index < -0.39 is 5.91 Å². The molecule has 114 valence electrons. The van der Waals surface area contributed by atoms with Gasteiger partial charge in [-0.15, -0.1) is 0 Å². The fourth-order valence-corrected chi connectivity index (χ4v) is 3.68. The molecule has 0 radical (unpaired) electrons. The molecule has 5 heteroatoms. The number of hydrogen-bond donors (Lipinski definition) is 1. The largest absolute Gasteiger partial charge is 0.366 e. The van der Waals surface area contributed by atoms with Crippen molar-refractivity contribution in [2.75, 3.05) is 12.8 Å². The maximum atomic E-state index is 11.2. The van der Waals surface area contributed by atoms with Crippen LogP contribution in [-0.2, 0) is 0 Å². The average molecular weight is 305 g/mol. The van der Waals surface area contributed by atoms with Gasteiger partial charge in [0.2, 0.25) is 5.91 Å². The van der Waals surface area contributed by atoms with Crippen molar-refractivity contribution in [1.82, 2.24) is 4.90 Å². The third-order valence-electron chi connectivity index (χ3n) is 3.70. The van der Waals surface area contributed by atoms with Crippen molar-refractivity contribution in [3.8, 4) is 0 Å². The monoisotopic (exact) mass is 305 g/mol. The molecule has 1 aromatic rings. The number of amidine groups is 1. The predicted octanol–water partition coefficient (Wildman–Crippen LogP) is 3.17. The Morgan fingerprint density at radius 3 is 2.81 bits per heavy atom. The molecule has 1 aromatic carbocycles. The van der Waals surface area contributed by atoms with Crippen LogP contribution in [-0.4, -0.2) is 34.8 Å². The van der Waals surface area contributed by atoms with E-state index in [-0.39, 0.29) is 0 Å². The van der Waals surface area contributed by atoms with Crippen molar-refractivity contribution in [3.05, 3.63) is 29.3 Å². The topological polar surface area (TPSA) is 58.7 Å². The highest BCUT2D eigenvalue weighted by molar-refractivity contribution is 8.14. The molecule has 0 aliphatic carbocycles. The van der Waals surface area contributed by atoms with Crippen molar-refractivity contribution < 1.29 is 4.79 Å². The van der Waals surface area contributed by atoms with E-state index in [2.05, 4.69) is 25.8 Å². The summed E-state index contributed by atoms with van der Waals surface area (Å²) in [6.07, 6.45) is 1.18. The highest BCUT2D eigenvalue weighted by atomic mass is 32.2. The predicted molar refractivity (Wildman–Crippen MR) is 90.3 cm³/mol. The molecule has 0 aromatic heterocycles. The lowest BCUT2D eigenvalue weighted by molar-refractivity contribution is 0.1000. The quantitative estimate of drug-likeness (QED) is 0.929. The first-order chi connectivity index (χ1) is 9.88. The van der Waals surface area contributed by atoms with Crippen molar-refractivity contribution >= 4 is 28.5 Å². The number of aryl methyl sites for hydroxylation is 1. The lowest BCUT2D eigenvalue weighted by Crippen LogP contribution is -2.30. The van der Waals surface area contributed by atoms with Crippen LogP contribution in [0.25, 0.3) is 0 Å². The van der Waals surface area contributed by atoms with Crippen LogP contribution in [0.1, 0.15) is 36.2 Å². The number of carbonyl (C=O) groups excluding carboxylic acids is 1. The summed E-state index contributed by atoms with van der Waals surface area (Å²) in [5, 5.41) is 1.05. The number of hydrogen-bond acceptors (Lipinski definition) is 3. The van der Waals surface area contributed by atoms with Crippen LogP contribution in [0.15, 0.2) is 23.2 Å². The van der Waals surface area contributed by atoms with Gasteiger partial charge in [-0.2, -0.15) is 0 Å². The molecule has 0 unspecified atom stereocenters. The van der Waals surface area contributed by atoms with E-state index in [1.807, 2.05) is 13.0 Å². The highest BCUT2D eigenvalue weighted by Crippen LogP contribution is 2.30. The zero-order chi connectivity index (χ0) is 15.6. The summed E-state index contributed by atoms with van der Waals surface area (Å²) in [6, 6.07) is 5.96. The summed E-state index contributed by atoms with van der Waals surface area (Å²) >= 11 is 1.80. The Kier molecular flexibility index (Phi) is 4.93. The van der Waals surface area contributed by atoms with Gasteiger partial charge in [0.25, 0.3) is 0 Å². The molecule has 1 fully saturated rings. The van der Waals surface area contributed by atoms with E-state index in [0.717, 1.165) is 22.2 Å². The number of aliphatic imine (C=N–C) groups is 1. The minimum Gasteiger partial charge on any atom is -0.366 e. The Bertz CT molecular complexity index is 569. The molecule has 4 nitrogen and oxygen atoms in total. The first-order valence-electron chi connectivity index (χ1n) is 7.23. The van der Waals surface area contributed by atoms with Gasteiger partial charge in [-0.25, -0.2) is 4.99 Å². The van der Waals surface area contributed by atoms with Crippen LogP contribution in [0.5, 0.6) is 0 Å². The first kappa shape index (κ1) is 15.9. The van der Waals surface area contributed by atoms with Gasteiger partial charge in [-0.3, -0.25) is 4.79 Å². The Morgan fingerprint density at radius 2 is 2.24 bits per heavy atom. The first-order valence-corrected chi connectivity index (χ1v) is 8.21. The summed E-state index contributed by atoms with van der Waals surface area (Å²) < 4.78 is 0. The number of carbonyl (C=O) groups is 1. The second-order valence-electron chi connectivity index (χ2n) is 5.97. The molecule has 1 heterocycles. The molecule has 2 N–H and O–H groups in total. The maximum absolute atomic E-state index is 11.2. The fraction of sp³-hybridized carbons (Fsp3) is 0.500. The van der Waals surface area contributed by atoms with Crippen LogP contribution in [0.2, 0.25) is 0 Å². The Labute approximate surface area is 130 Å². The SMILES string of the molecule is Cc1cc(C(N)=O)ccc1N=C1SC[C@H](CC(C)C)N1C. The zero-order valence-corrected chi connectivity index (χ0v) is 13.9. The van der Waals surface area contributed by atoms with Gasteiger partial charge >= 0.3 is 0 Å². The lowest BCUT2D eigenvalue weighted by Gasteiger charge is -2.22. The molecular formula is C16H23N3OS. The zero-order valence-electron chi connectivity index (χ0n) is 13.1. The van der Waals surface area contributed by atoms with Crippen molar-refractivity contribution in [2.24, 2.45) is 16.6 Å². The minimum absolute atomic E-state index is 0.401. The summed E-state index contributed by atoms with van der Waals surface area (Å²) in [7, 11) is 2.11. The number of nitrogens with zero attached hydrogens (tertiary/aromatic N) is 2. The number of nitrogens with two attached hydrogens (primary N) is 1. The van der Waals surface area contributed by atoms with E-state index in [9.17, 15) is 4.79 Å². The van der Waals surface area contributed by atoms with E-state index in [1.54, 1.807) is 23.9 Å². The summed E-state index contributed by atoms with van der Waals surface area (Å²) in [5.41, 5.74) is 7.70. The summed E-state index contributed by atoms with van der Waals surface area (Å²) in [5.74, 6) is 1.38. The summed E-state index contributed by atoms with van der Waals surface area (Å²) in [6.45, 7) is 6.46. The fourth-order valence-electron chi connectivity index (χ4n) is 2.46. The summed E-state index contributed by atoms with van der Waals surface area (Å²) in [4.78, 5) is 18.2. The molecular weight excluding hydrogens is 282 g/mol. The van der Waals surface area contributed by atoms with E-state index >= 15 is 0 Å². The second kappa shape index (κ2) is 6.52. The molecule has 1 amide bonds. The average Bonchev–Trinajstić information content (AvgIpc) is 2.73. The number of amides is 1. The molecule has 21 heavy (non-hydrogen) atoms. The van der Waals surface area contributed by atoms with Gasteiger partial charge in [0, 0.05) is 24.4 Å². The molecule has 0 bridgehead atoms. The number of benzene rings is 1. The molecule has 0 spiro atoms. The van der Waals surface area contributed by atoms with Gasteiger partial charge in [0.15, 0.2) is 5.17 Å². The van der Waals surface area contributed by atoms with Gasteiger partial charge < -0.3 is 10.6 Å². The Balaban J connectivity index is 2.19. The Morgan fingerprint density at radius 1 is 1.52 bits per heavy atom. The van der Waals surface area contributed by atoms with Crippen molar-refractivity contribution in [3.63, 3.8) is 0 Å². The second-order valence-corrected chi connectivity index (χ2v) is 6.95. The third-order valence-corrected chi connectivity index (χ3v) is 4.88. The van der Waals surface area contributed by atoms with E-state index in [4.69, 9.17) is 10.7 Å². The number of primary amides is 1. The molecule has 1 saturated heterocycles. The third kappa shape index (κ3) is 3.79. The smallest absolute Gasteiger partial charge is 0.248 e. The molecule has 1 aliphatic heterocycles. The molecule has 2 rings (SSSR count). The van der Waals surface area contributed by atoms with Gasteiger partial charge in [-0.05, 0) is 43.0 Å². The Hall–Kier alpha value is -1.49. The number of rotatable bonds is 4. The van der Waals surface area contributed by atoms with E-state index in [0.29, 0.717) is 17.5 Å². The normalized spacial score (nSPS) is 20.5. The standard InChI is InChI=1S/C16H23N3OS/c1-10(2)7-13-9-21-16(19(13)4)18-14-6-5-12(15(17)20)8-11(14)3/h5-6,8,10,13H,7,9H2,1-4H3,(H2,17,20)/t13-/m0/s1. The van der Waals surface area contributed by atoms with Crippen LogP contribution in [0.3, 0.4) is 0 Å². The van der Waals surface area contributed by atoms with Gasteiger partial charge in [0.05, 0.1) is 5.69 Å². The maximum Gasteiger partial charge on any atom is 0.248 e. The van der Waals surface area contributed by atoms with Crippen LogP contribution in [0, 0.1) is 12.8 Å². The number of thioether (sulfide) groups is 1. The molecule has 0 saturated carbocycles. The minimum atomic E-state index is -0.401. The van der Waals surface area contributed by atoms with Gasteiger partial charge in [0.1, 0.15) is 0 Å². The van der Waals surface area contributed by atoms with Gasteiger partial charge in [-0.1, -0.05) is 25.6 Å². The molecule has 1 atom stereocenters.